The molecule has 2 aliphatic rings. The third-order valence-corrected chi connectivity index (χ3v) is 3.03. The molecule has 0 aromatic carbocycles. The van der Waals surface area contributed by atoms with Crippen molar-refractivity contribution in [3.63, 3.8) is 0 Å². The van der Waals surface area contributed by atoms with Gasteiger partial charge in [0.1, 0.15) is 0 Å². The first-order chi connectivity index (χ1) is 5.47. The first kappa shape index (κ1) is 7.33. The number of nitrogens with zero attached hydrogens (tertiary/aromatic N) is 1. The van der Waals surface area contributed by atoms with Gasteiger partial charge in [-0.25, -0.2) is 0 Å². The predicted molar refractivity (Wildman–Crippen MR) is 47.0 cm³/mol. The minimum atomic E-state index is 0.732. The predicted octanol–water partition coefficient (Wildman–Crippen LogP) is 2.53. The Bertz CT molecular complexity index is 145. The van der Waals surface area contributed by atoms with Gasteiger partial charge in [-0.05, 0) is 25.2 Å². The van der Waals surface area contributed by atoms with Crippen molar-refractivity contribution in [2.75, 3.05) is 6.54 Å². The van der Waals surface area contributed by atoms with Crippen LogP contribution in [0.3, 0.4) is 0 Å². The van der Waals surface area contributed by atoms with Crippen molar-refractivity contribution in [2.45, 2.75) is 38.5 Å². The molecule has 0 bridgehead atoms. The van der Waals surface area contributed by atoms with Gasteiger partial charge in [0, 0.05) is 12.5 Å². The summed E-state index contributed by atoms with van der Waals surface area (Å²) in [6.45, 7) is 1.04. The molecule has 0 aromatic heterocycles. The molecule has 1 heterocycles. The third-order valence-electron chi connectivity index (χ3n) is 3.03. The Hall–Kier alpha value is -0.330. The lowest BCUT2D eigenvalue weighted by atomic mass is 9.80. The average molecular weight is 150 g/mol. The molecule has 1 radical (unpaired) electrons. The summed E-state index contributed by atoms with van der Waals surface area (Å²) >= 11 is 0. The number of hydrogen-bond donors (Lipinski definition) is 0. The van der Waals surface area contributed by atoms with E-state index < -0.39 is 0 Å². The number of rotatable bonds is 1. The summed E-state index contributed by atoms with van der Waals surface area (Å²) in [5.74, 6) is 1.67. The van der Waals surface area contributed by atoms with E-state index in [9.17, 15) is 0 Å². The lowest BCUT2D eigenvalue weighted by molar-refractivity contribution is 0.301. The van der Waals surface area contributed by atoms with E-state index in [0.29, 0.717) is 0 Å². The van der Waals surface area contributed by atoms with Crippen molar-refractivity contribution < 1.29 is 0 Å². The Balaban J connectivity index is 1.87. The maximum absolute atomic E-state index is 4.19. The monoisotopic (exact) mass is 150 g/mol. The molecule has 2 rings (SSSR count). The molecule has 0 aromatic rings. The summed E-state index contributed by atoms with van der Waals surface area (Å²) in [7, 11) is 0. The van der Waals surface area contributed by atoms with Crippen LogP contribution in [0.2, 0.25) is 0 Å². The number of hydrogen-bond acceptors (Lipinski definition) is 1. The molecule has 0 N–H and O–H groups in total. The van der Waals surface area contributed by atoms with E-state index in [1.165, 1.54) is 38.5 Å². The van der Waals surface area contributed by atoms with Gasteiger partial charge in [-0.1, -0.05) is 19.3 Å². The quantitative estimate of drug-likeness (QED) is 0.544. The van der Waals surface area contributed by atoms with Gasteiger partial charge in [-0.2, -0.15) is 0 Å². The van der Waals surface area contributed by atoms with Crippen molar-refractivity contribution in [1.82, 2.24) is 0 Å². The fourth-order valence-electron chi connectivity index (χ4n) is 2.33. The Morgan fingerprint density at radius 1 is 1.00 bits per heavy atom. The molecule has 1 aliphatic carbocycles. The van der Waals surface area contributed by atoms with Crippen LogP contribution in [-0.4, -0.2) is 12.8 Å². The van der Waals surface area contributed by atoms with E-state index in [1.54, 1.807) is 0 Å². The van der Waals surface area contributed by atoms with Crippen molar-refractivity contribution in [2.24, 2.45) is 16.8 Å². The SMILES string of the molecule is [C]1=NCCC1C1CCCCC1. The fraction of sp³-hybridized carbons (Fsp3) is 0.900. The first-order valence-electron chi connectivity index (χ1n) is 4.89. The van der Waals surface area contributed by atoms with Gasteiger partial charge in [0.2, 0.25) is 0 Å². The van der Waals surface area contributed by atoms with Crippen molar-refractivity contribution in [3.05, 3.63) is 0 Å². The van der Waals surface area contributed by atoms with Crippen LogP contribution in [0.5, 0.6) is 0 Å². The maximum Gasteiger partial charge on any atom is 0.0595 e. The molecule has 1 heteroatoms. The highest BCUT2D eigenvalue weighted by Crippen LogP contribution is 2.32. The molecule has 1 nitrogen and oxygen atoms in total. The molecule has 61 valence electrons. The Morgan fingerprint density at radius 3 is 2.45 bits per heavy atom. The number of aliphatic imine (C=N–C) groups is 1. The van der Waals surface area contributed by atoms with Crippen LogP contribution >= 0.6 is 0 Å². The smallest absolute Gasteiger partial charge is 0.0595 e. The molecule has 1 atom stereocenters. The second-order valence-corrected chi connectivity index (χ2v) is 3.80. The zero-order valence-electron chi connectivity index (χ0n) is 7.05. The molecule has 0 saturated heterocycles. The van der Waals surface area contributed by atoms with Gasteiger partial charge in [-0.15, -0.1) is 0 Å². The van der Waals surface area contributed by atoms with Gasteiger partial charge >= 0.3 is 0 Å². The highest BCUT2D eigenvalue weighted by atomic mass is 14.7. The summed E-state index contributed by atoms with van der Waals surface area (Å²) in [6, 6.07) is 0. The molecule has 1 unspecified atom stereocenters. The Labute approximate surface area is 68.9 Å². The van der Waals surface area contributed by atoms with Gasteiger partial charge in [-0.3, -0.25) is 4.99 Å². The van der Waals surface area contributed by atoms with Crippen LogP contribution in [0.25, 0.3) is 0 Å². The highest BCUT2D eigenvalue weighted by Gasteiger charge is 2.24. The van der Waals surface area contributed by atoms with Crippen LogP contribution in [0, 0.1) is 11.8 Å². The van der Waals surface area contributed by atoms with Gasteiger partial charge in [0.15, 0.2) is 0 Å². The second-order valence-electron chi connectivity index (χ2n) is 3.80. The second kappa shape index (κ2) is 3.38. The minimum Gasteiger partial charge on any atom is -0.288 e. The molecule has 0 amide bonds. The van der Waals surface area contributed by atoms with Gasteiger partial charge in [0.25, 0.3) is 0 Å². The normalized spacial score (nSPS) is 32.9. The zero-order chi connectivity index (χ0) is 7.52. The summed E-state index contributed by atoms with van der Waals surface area (Å²) in [4.78, 5) is 4.19. The topological polar surface area (TPSA) is 12.4 Å². The Kier molecular flexibility index (Phi) is 2.25. The van der Waals surface area contributed by atoms with E-state index in [0.717, 1.165) is 18.4 Å². The summed E-state index contributed by atoms with van der Waals surface area (Å²) < 4.78 is 0. The van der Waals surface area contributed by atoms with Crippen LogP contribution < -0.4 is 0 Å². The van der Waals surface area contributed by atoms with Crippen LogP contribution in [0.1, 0.15) is 38.5 Å². The summed E-state index contributed by atoms with van der Waals surface area (Å²) in [5, 5.41) is 0. The summed E-state index contributed by atoms with van der Waals surface area (Å²) in [6.07, 6.45) is 11.8. The zero-order valence-corrected chi connectivity index (χ0v) is 7.05. The lowest BCUT2D eigenvalue weighted by Gasteiger charge is -2.24. The van der Waals surface area contributed by atoms with E-state index in [-0.39, 0.29) is 0 Å². The summed E-state index contributed by atoms with van der Waals surface area (Å²) in [5.41, 5.74) is 0. The van der Waals surface area contributed by atoms with Crippen LogP contribution in [0.15, 0.2) is 4.99 Å². The molecule has 1 fully saturated rings. The molecular formula is C10H16N. The standard InChI is InChI=1S/C10H16N/c1-2-4-9(5-3-1)10-6-7-11-8-10/h9-10H,1-7H2. The van der Waals surface area contributed by atoms with E-state index >= 15 is 0 Å². The molecule has 0 spiro atoms. The van der Waals surface area contributed by atoms with Gasteiger partial charge < -0.3 is 0 Å². The largest absolute Gasteiger partial charge is 0.288 e. The van der Waals surface area contributed by atoms with E-state index in [4.69, 9.17) is 0 Å². The molecule has 1 aliphatic heterocycles. The van der Waals surface area contributed by atoms with Crippen molar-refractivity contribution in [1.29, 1.82) is 0 Å². The fourth-order valence-corrected chi connectivity index (χ4v) is 2.33. The van der Waals surface area contributed by atoms with Crippen molar-refractivity contribution >= 4 is 6.21 Å². The van der Waals surface area contributed by atoms with Crippen LogP contribution in [-0.2, 0) is 0 Å². The third kappa shape index (κ3) is 1.63. The Morgan fingerprint density at radius 2 is 1.82 bits per heavy atom. The highest BCUT2D eigenvalue weighted by molar-refractivity contribution is 5.63. The van der Waals surface area contributed by atoms with E-state index in [1.807, 2.05) is 0 Å². The first-order valence-corrected chi connectivity index (χ1v) is 4.89. The lowest BCUT2D eigenvalue weighted by Crippen LogP contribution is -2.16. The molecule has 1 saturated carbocycles. The van der Waals surface area contributed by atoms with Crippen LogP contribution in [0.4, 0.5) is 0 Å². The minimum absolute atomic E-state index is 0.732. The van der Waals surface area contributed by atoms with E-state index in [2.05, 4.69) is 11.2 Å². The average Bonchev–Trinajstić information content (AvgIpc) is 2.58. The van der Waals surface area contributed by atoms with Crippen molar-refractivity contribution in [3.8, 4) is 0 Å². The molecular weight excluding hydrogens is 134 g/mol. The maximum atomic E-state index is 4.19. The van der Waals surface area contributed by atoms with Gasteiger partial charge in [0.05, 0.1) is 6.21 Å². The molecule has 11 heavy (non-hydrogen) atoms.